The van der Waals surface area contributed by atoms with Crippen LogP contribution in [-0.2, 0) is 9.53 Å². The third-order valence-electron chi connectivity index (χ3n) is 2.61. The summed E-state index contributed by atoms with van der Waals surface area (Å²) in [5.74, 6) is -1.03. The van der Waals surface area contributed by atoms with Gasteiger partial charge in [0.2, 0.25) is 0 Å². The Bertz CT molecular complexity index is 560. The van der Waals surface area contributed by atoms with Crippen LogP contribution < -0.4 is 0 Å². The van der Waals surface area contributed by atoms with Crippen LogP contribution in [0.15, 0.2) is 42.7 Å². The topological polar surface area (TPSA) is 52.1 Å². The molecular weight excluding hydrogens is 264 g/mol. The maximum absolute atomic E-state index is 12.1. The molecular formula is C14H13ClN2O2. The van der Waals surface area contributed by atoms with Gasteiger partial charge < -0.3 is 4.74 Å². The largest absolute Gasteiger partial charge is 0.465 e. The number of ether oxygens (including phenoxy) is 1. The van der Waals surface area contributed by atoms with E-state index in [1.165, 1.54) is 12.4 Å². The fourth-order valence-electron chi connectivity index (χ4n) is 1.80. The summed E-state index contributed by atoms with van der Waals surface area (Å²) < 4.78 is 5.10. The van der Waals surface area contributed by atoms with Gasteiger partial charge in [-0.25, -0.2) is 4.98 Å². The van der Waals surface area contributed by atoms with Crippen molar-refractivity contribution >= 4 is 17.6 Å². The number of aromatic nitrogens is 2. The summed E-state index contributed by atoms with van der Waals surface area (Å²) in [4.78, 5) is 20.3. The van der Waals surface area contributed by atoms with E-state index in [9.17, 15) is 4.79 Å². The number of carbonyl (C=O) groups excluding carboxylic acids is 1. The van der Waals surface area contributed by atoms with Crippen molar-refractivity contribution in [1.82, 2.24) is 9.97 Å². The van der Waals surface area contributed by atoms with Crippen LogP contribution in [0, 0.1) is 0 Å². The van der Waals surface area contributed by atoms with Crippen LogP contribution in [0.25, 0.3) is 0 Å². The molecule has 0 fully saturated rings. The van der Waals surface area contributed by atoms with Gasteiger partial charge in [0, 0.05) is 12.4 Å². The second kappa shape index (κ2) is 6.29. The van der Waals surface area contributed by atoms with Crippen LogP contribution in [0.3, 0.4) is 0 Å². The zero-order chi connectivity index (χ0) is 13.7. The van der Waals surface area contributed by atoms with Gasteiger partial charge in [-0.15, -0.1) is 0 Å². The summed E-state index contributed by atoms with van der Waals surface area (Å²) in [5.41, 5.74) is 1.19. The van der Waals surface area contributed by atoms with E-state index in [1.807, 2.05) is 30.3 Å². The maximum Gasteiger partial charge on any atom is 0.319 e. The van der Waals surface area contributed by atoms with Crippen molar-refractivity contribution in [3.05, 3.63) is 59.1 Å². The van der Waals surface area contributed by atoms with Crippen molar-refractivity contribution in [2.24, 2.45) is 0 Å². The van der Waals surface area contributed by atoms with Crippen molar-refractivity contribution in [3.63, 3.8) is 0 Å². The molecule has 98 valence electrons. The van der Waals surface area contributed by atoms with Crippen LogP contribution in [0.5, 0.6) is 0 Å². The van der Waals surface area contributed by atoms with Gasteiger partial charge in [-0.2, -0.15) is 0 Å². The number of carbonyl (C=O) groups is 1. The van der Waals surface area contributed by atoms with Crippen molar-refractivity contribution in [1.29, 1.82) is 0 Å². The standard InChI is InChI=1S/C14H13ClN2O2/c1-2-19-14(18)11(10-6-4-3-5-7-10)12-13(15)17-9-8-16-12/h3-9,11H,2H2,1H3. The molecule has 19 heavy (non-hydrogen) atoms. The molecule has 1 aromatic carbocycles. The summed E-state index contributed by atoms with van der Waals surface area (Å²) in [6.07, 6.45) is 3.00. The molecule has 0 aliphatic carbocycles. The molecule has 1 atom stereocenters. The molecule has 0 amide bonds. The summed E-state index contributed by atoms with van der Waals surface area (Å²) >= 11 is 6.03. The highest BCUT2D eigenvalue weighted by atomic mass is 35.5. The molecule has 0 spiro atoms. The molecule has 1 aromatic heterocycles. The second-order valence-corrected chi connectivity index (χ2v) is 4.19. The molecule has 0 saturated heterocycles. The van der Waals surface area contributed by atoms with E-state index in [2.05, 4.69) is 9.97 Å². The predicted octanol–water partition coefficient (Wildman–Crippen LogP) is 2.83. The van der Waals surface area contributed by atoms with Crippen LogP contribution in [0.4, 0.5) is 0 Å². The Kier molecular flexibility index (Phi) is 4.47. The van der Waals surface area contributed by atoms with E-state index in [0.29, 0.717) is 12.3 Å². The Morgan fingerprint density at radius 2 is 1.95 bits per heavy atom. The van der Waals surface area contributed by atoms with Gasteiger partial charge in [-0.05, 0) is 12.5 Å². The summed E-state index contributed by atoms with van der Waals surface area (Å²) in [6.45, 7) is 2.07. The molecule has 0 aliphatic rings. The third kappa shape index (κ3) is 3.09. The molecule has 0 aliphatic heterocycles. The minimum atomic E-state index is -0.651. The minimum absolute atomic E-state index is 0.212. The van der Waals surface area contributed by atoms with Gasteiger partial charge in [0.05, 0.1) is 12.3 Å². The average molecular weight is 277 g/mol. The molecule has 1 unspecified atom stereocenters. The van der Waals surface area contributed by atoms with E-state index in [1.54, 1.807) is 6.92 Å². The van der Waals surface area contributed by atoms with E-state index >= 15 is 0 Å². The van der Waals surface area contributed by atoms with Crippen LogP contribution >= 0.6 is 11.6 Å². The molecule has 2 rings (SSSR count). The number of hydrogen-bond donors (Lipinski definition) is 0. The molecule has 2 aromatic rings. The highest BCUT2D eigenvalue weighted by molar-refractivity contribution is 6.30. The third-order valence-corrected chi connectivity index (χ3v) is 2.90. The molecule has 1 heterocycles. The zero-order valence-electron chi connectivity index (χ0n) is 10.4. The summed E-state index contributed by atoms with van der Waals surface area (Å²) in [5, 5.41) is 0.212. The predicted molar refractivity (Wildman–Crippen MR) is 72.0 cm³/mol. The van der Waals surface area contributed by atoms with Crippen LogP contribution in [0.2, 0.25) is 5.15 Å². The molecule has 5 heteroatoms. The number of halogens is 1. The molecule has 0 saturated carbocycles. The SMILES string of the molecule is CCOC(=O)C(c1ccccc1)c1nccnc1Cl. The van der Waals surface area contributed by atoms with Crippen molar-refractivity contribution in [2.75, 3.05) is 6.61 Å². The lowest BCUT2D eigenvalue weighted by Gasteiger charge is -2.15. The second-order valence-electron chi connectivity index (χ2n) is 3.83. The molecule has 0 N–H and O–H groups in total. The number of hydrogen-bond acceptors (Lipinski definition) is 4. The monoisotopic (exact) mass is 276 g/mol. The molecule has 0 radical (unpaired) electrons. The number of nitrogens with zero attached hydrogens (tertiary/aromatic N) is 2. The van der Waals surface area contributed by atoms with Gasteiger partial charge in [0.15, 0.2) is 5.15 Å². The Hall–Kier alpha value is -1.94. The fourth-order valence-corrected chi connectivity index (χ4v) is 2.02. The van der Waals surface area contributed by atoms with E-state index in [0.717, 1.165) is 5.56 Å². The van der Waals surface area contributed by atoms with Crippen molar-refractivity contribution < 1.29 is 9.53 Å². The lowest BCUT2D eigenvalue weighted by Crippen LogP contribution is -2.19. The van der Waals surface area contributed by atoms with Gasteiger partial charge in [-0.1, -0.05) is 41.9 Å². The lowest BCUT2D eigenvalue weighted by molar-refractivity contribution is -0.143. The summed E-state index contributed by atoms with van der Waals surface area (Å²) in [7, 11) is 0. The number of esters is 1. The number of benzene rings is 1. The first-order chi connectivity index (χ1) is 9.24. The first kappa shape index (κ1) is 13.5. The van der Waals surface area contributed by atoms with E-state index < -0.39 is 5.92 Å². The van der Waals surface area contributed by atoms with Crippen molar-refractivity contribution in [3.8, 4) is 0 Å². The van der Waals surface area contributed by atoms with Crippen LogP contribution in [-0.4, -0.2) is 22.5 Å². The fraction of sp³-hybridized carbons (Fsp3) is 0.214. The van der Waals surface area contributed by atoms with Gasteiger partial charge in [-0.3, -0.25) is 9.78 Å². The highest BCUT2D eigenvalue weighted by Crippen LogP contribution is 2.28. The lowest BCUT2D eigenvalue weighted by atomic mass is 9.96. The normalized spacial score (nSPS) is 11.9. The Balaban J connectivity index is 2.46. The number of rotatable bonds is 4. The summed E-state index contributed by atoms with van der Waals surface area (Å²) in [6, 6.07) is 9.26. The van der Waals surface area contributed by atoms with Gasteiger partial charge in [0.25, 0.3) is 0 Å². The van der Waals surface area contributed by atoms with Crippen molar-refractivity contribution in [2.45, 2.75) is 12.8 Å². The van der Waals surface area contributed by atoms with Gasteiger partial charge in [0.1, 0.15) is 5.92 Å². The molecule has 4 nitrogen and oxygen atoms in total. The van der Waals surface area contributed by atoms with E-state index in [-0.39, 0.29) is 11.1 Å². The Morgan fingerprint density at radius 3 is 2.58 bits per heavy atom. The Morgan fingerprint density at radius 1 is 1.26 bits per heavy atom. The average Bonchev–Trinajstić information content (AvgIpc) is 2.43. The smallest absolute Gasteiger partial charge is 0.319 e. The minimum Gasteiger partial charge on any atom is -0.465 e. The quantitative estimate of drug-likeness (QED) is 0.806. The first-order valence-corrected chi connectivity index (χ1v) is 6.29. The molecule has 0 bridgehead atoms. The maximum atomic E-state index is 12.1. The highest BCUT2D eigenvalue weighted by Gasteiger charge is 2.27. The Labute approximate surface area is 116 Å². The van der Waals surface area contributed by atoms with Gasteiger partial charge >= 0.3 is 5.97 Å². The first-order valence-electron chi connectivity index (χ1n) is 5.92. The van der Waals surface area contributed by atoms with Crippen LogP contribution in [0.1, 0.15) is 24.1 Å². The van der Waals surface area contributed by atoms with E-state index in [4.69, 9.17) is 16.3 Å². The zero-order valence-corrected chi connectivity index (χ0v) is 11.2.